The van der Waals surface area contributed by atoms with E-state index in [2.05, 4.69) is 19.9 Å². The van der Waals surface area contributed by atoms with Crippen LogP contribution in [0.4, 0.5) is 0 Å². The van der Waals surface area contributed by atoms with Crippen LogP contribution >= 0.6 is 0 Å². The van der Waals surface area contributed by atoms with Crippen molar-refractivity contribution in [2.75, 3.05) is 7.11 Å². The van der Waals surface area contributed by atoms with Gasteiger partial charge in [0, 0.05) is 0 Å². The van der Waals surface area contributed by atoms with Crippen LogP contribution in [0.5, 0.6) is 5.75 Å². The first-order valence-electron chi connectivity index (χ1n) is 3.76. The second-order valence-corrected chi connectivity index (χ2v) is 2.50. The quantitative estimate of drug-likeness (QED) is 0.627. The molecule has 0 saturated carbocycles. The van der Waals surface area contributed by atoms with Crippen LogP contribution in [0.25, 0.3) is 0 Å². The van der Waals surface area contributed by atoms with E-state index in [1.54, 1.807) is 7.11 Å². The van der Waals surface area contributed by atoms with Crippen molar-refractivity contribution < 1.29 is 4.74 Å². The SMILES string of the molecule is [CH2]c1ccc(OC)c(CC)c1. The van der Waals surface area contributed by atoms with Gasteiger partial charge in [0.1, 0.15) is 5.75 Å². The molecule has 0 heterocycles. The van der Waals surface area contributed by atoms with Crippen LogP contribution < -0.4 is 4.74 Å². The molecule has 1 aromatic rings. The molecule has 0 amide bonds. The van der Waals surface area contributed by atoms with E-state index in [0.29, 0.717) is 0 Å². The fourth-order valence-corrected chi connectivity index (χ4v) is 1.11. The summed E-state index contributed by atoms with van der Waals surface area (Å²) in [6.07, 6.45) is 0.993. The van der Waals surface area contributed by atoms with Gasteiger partial charge >= 0.3 is 0 Å². The summed E-state index contributed by atoms with van der Waals surface area (Å²) < 4.78 is 5.16. The highest BCUT2D eigenvalue weighted by atomic mass is 16.5. The zero-order valence-corrected chi connectivity index (χ0v) is 7.05. The Morgan fingerprint density at radius 3 is 2.73 bits per heavy atom. The molecule has 59 valence electrons. The highest BCUT2D eigenvalue weighted by molar-refractivity contribution is 5.38. The predicted octanol–water partition coefficient (Wildman–Crippen LogP) is 2.44. The van der Waals surface area contributed by atoms with Gasteiger partial charge in [-0.05, 0) is 30.5 Å². The van der Waals surface area contributed by atoms with Gasteiger partial charge in [-0.3, -0.25) is 0 Å². The molecule has 1 rings (SSSR count). The summed E-state index contributed by atoms with van der Waals surface area (Å²) in [5.74, 6) is 0.958. The van der Waals surface area contributed by atoms with Crippen molar-refractivity contribution >= 4 is 0 Å². The summed E-state index contributed by atoms with van der Waals surface area (Å²) in [4.78, 5) is 0. The lowest BCUT2D eigenvalue weighted by Gasteiger charge is -2.06. The van der Waals surface area contributed by atoms with Crippen molar-refractivity contribution in [2.24, 2.45) is 0 Å². The number of hydrogen-bond donors (Lipinski definition) is 0. The fraction of sp³-hybridized carbons (Fsp3) is 0.300. The molecule has 1 aromatic carbocycles. The Bertz CT molecular complexity index is 241. The molecule has 0 aliphatic rings. The van der Waals surface area contributed by atoms with Crippen LogP contribution in [0, 0.1) is 6.92 Å². The van der Waals surface area contributed by atoms with Gasteiger partial charge < -0.3 is 4.74 Å². The minimum Gasteiger partial charge on any atom is -0.496 e. The monoisotopic (exact) mass is 149 g/mol. The van der Waals surface area contributed by atoms with E-state index in [4.69, 9.17) is 4.74 Å². The van der Waals surface area contributed by atoms with E-state index in [0.717, 1.165) is 17.7 Å². The Morgan fingerprint density at radius 1 is 1.45 bits per heavy atom. The second kappa shape index (κ2) is 3.42. The van der Waals surface area contributed by atoms with E-state index in [9.17, 15) is 0 Å². The molecular formula is C10H13O. The summed E-state index contributed by atoms with van der Waals surface area (Å²) in [7, 11) is 1.69. The number of methoxy groups -OCH3 is 1. The summed E-state index contributed by atoms with van der Waals surface area (Å²) in [5.41, 5.74) is 2.27. The minimum atomic E-state index is 0.958. The number of hydrogen-bond acceptors (Lipinski definition) is 1. The van der Waals surface area contributed by atoms with Crippen molar-refractivity contribution in [3.8, 4) is 5.75 Å². The van der Waals surface area contributed by atoms with E-state index < -0.39 is 0 Å². The third-order valence-corrected chi connectivity index (χ3v) is 1.73. The van der Waals surface area contributed by atoms with Crippen LogP contribution in [0.2, 0.25) is 0 Å². The van der Waals surface area contributed by atoms with Crippen molar-refractivity contribution in [3.63, 3.8) is 0 Å². The first-order chi connectivity index (χ1) is 5.27. The summed E-state index contributed by atoms with van der Waals surface area (Å²) in [6.45, 7) is 5.96. The van der Waals surface area contributed by atoms with Gasteiger partial charge in [-0.2, -0.15) is 0 Å². The lowest BCUT2D eigenvalue weighted by Crippen LogP contribution is -1.90. The highest BCUT2D eigenvalue weighted by Gasteiger charge is 1.98. The fourth-order valence-electron chi connectivity index (χ4n) is 1.11. The predicted molar refractivity (Wildman–Crippen MR) is 46.8 cm³/mol. The molecule has 1 heteroatoms. The van der Waals surface area contributed by atoms with Crippen molar-refractivity contribution in [1.82, 2.24) is 0 Å². The molecule has 0 N–H and O–H groups in total. The Morgan fingerprint density at radius 2 is 2.18 bits per heavy atom. The van der Waals surface area contributed by atoms with Crippen LogP contribution in [-0.4, -0.2) is 7.11 Å². The minimum absolute atomic E-state index is 0.958. The first kappa shape index (κ1) is 8.12. The molecule has 0 saturated heterocycles. The van der Waals surface area contributed by atoms with Crippen LogP contribution in [0.15, 0.2) is 18.2 Å². The molecule has 11 heavy (non-hydrogen) atoms. The molecule has 0 atom stereocenters. The van der Waals surface area contributed by atoms with Gasteiger partial charge in [-0.1, -0.05) is 19.1 Å². The maximum Gasteiger partial charge on any atom is 0.122 e. The summed E-state index contributed by atoms with van der Waals surface area (Å²) in [5, 5.41) is 0. The van der Waals surface area contributed by atoms with Crippen molar-refractivity contribution in [3.05, 3.63) is 36.2 Å². The second-order valence-electron chi connectivity index (χ2n) is 2.50. The van der Waals surface area contributed by atoms with Gasteiger partial charge in [-0.25, -0.2) is 0 Å². The largest absolute Gasteiger partial charge is 0.496 e. The average Bonchev–Trinajstić information content (AvgIpc) is 2.04. The lowest BCUT2D eigenvalue weighted by atomic mass is 10.1. The highest BCUT2D eigenvalue weighted by Crippen LogP contribution is 2.19. The molecule has 0 spiro atoms. The van der Waals surface area contributed by atoms with Crippen LogP contribution in [0.3, 0.4) is 0 Å². The van der Waals surface area contributed by atoms with Gasteiger partial charge in [0.05, 0.1) is 7.11 Å². The zero-order chi connectivity index (χ0) is 8.27. The Hall–Kier alpha value is -0.980. The van der Waals surface area contributed by atoms with E-state index in [-0.39, 0.29) is 0 Å². The van der Waals surface area contributed by atoms with Gasteiger partial charge in [0.2, 0.25) is 0 Å². The van der Waals surface area contributed by atoms with E-state index >= 15 is 0 Å². The third-order valence-electron chi connectivity index (χ3n) is 1.73. The Labute approximate surface area is 68.0 Å². The summed E-state index contributed by atoms with van der Waals surface area (Å²) >= 11 is 0. The number of benzene rings is 1. The molecular weight excluding hydrogens is 136 g/mol. The van der Waals surface area contributed by atoms with Gasteiger partial charge in [-0.15, -0.1) is 0 Å². The van der Waals surface area contributed by atoms with E-state index in [1.807, 2.05) is 12.1 Å². The first-order valence-corrected chi connectivity index (χ1v) is 3.76. The van der Waals surface area contributed by atoms with Gasteiger partial charge in [0.25, 0.3) is 0 Å². The maximum atomic E-state index is 5.16. The third kappa shape index (κ3) is 1.73. The standard InChI is InChI=1S/C10H13O/c1-4-9-7-8(2)5-6-10(9)11-3/h5-7H,2,4H2,1,3H3. The molecule has 0 bridgehead atoms. The van der Waals surface area contributed by atoms with E-state index in [1.165, 1.54) is 5.56 Å². The van der Waals surface area contributed by atoms with Crippen molar-refractivity contribution in [2.45, 2.75) is 13.3 Å². The molecule has 1 nitrogen and oxygen atoms in total. The average molecular weight is 149 g/mol. The summed E-state index contributed by atoms with van der Waals surface area (Å²) in [6, 6.07) is 5.97. The number of rotatable bonds is 2. The molecule has 0 aliphatic carbocycles. The number of ether oxygens (including phenoxy) is 1. The van der Waals surface area contributed by atoms with Crippen LogP contribution in [0.1, 0.15) is 18.1 Å². The molecule has 1 radical (unpaired) electrons. The molecule has 0 fully saturated rings. The van der Waals surface area contributed by atoms with Gasteiger partial charge in [0.15, 0.2) is 0 Å². The van der Waals surface area contributed by atoms with Crippen LogP contribution in [-0.2, 0) is 6.42 Å². The lowest BCUT2D eigenvalue weighted by molar-refractivity contribution is 0.410. The maximum absolute atomic E-state index is 5.16. The number of aryl methyl sites for hydroxylation is 1. The zero-order valence-electron chi connectivity index (χ0n) is 7.05. The Balaban J connectivity index is 3.06. The molecule has 0 unspecified atom stereocenters. The normalized spacial score (nSPS) is 9.73. The molecule has 0 aromatic heterocycles. The Kier molecular flexibility index (Phi) is 2.53. The topological polar surface area (TPSA) is 9.23 Å². The smallest absolute Gasteiger partial charge is 0.122 e. The van der Waals surface area contributed by atoms with Crippen molar-refractivity contribution in [1.29, 1.82) is 0 Å². The molecule has 0 aliphatic heterocycles.